The number of esters is 2. The van der Waals surface area contributed by atoms with Crippen molar-refractivity contribution in [1.82, 2.24) is 14.8 Å². The third kappa shape index (κ3) is 4.86. The van der Waals surface area contributed by atoms with Gasteiger partial charge in [0.25, 0.3) is 0 Å². The second kappa shape index (κ2) is 12.6. The highest BCUT2D eigenvalue weighted by atomic mass is 19.1. The van der Waals surface area contributed by atoms with Crippen LogP contribution in [0.15, 0.2) is 42.5 Å². The van der Waals surface area contributed by atoms with E-state index >= 15 is 4.39 Å². The molecule has 3 fully saturated rings. The number of aliphatic hydroxyl groups is 2. The van der Waals surface area contributed by atoms with Crippen LogP contribution in [0.2, 0.25) is 0 Å². The van der Waals surface area contributed by atoms with E-state index in [0.29, 0.717) is 45.2 Å². The van der Waals surface area contributed by atoms with Gasteiger partial charge in [-0.3, -0.25) is 14.6 Å². The smallest absolute Gasteiger partial charge is 0.344 e. The van der Waals surface area contributed by atoms with Crippen LogP contribution in [-0.4, -0.2) is 113 Å². The monoisotopic (exact) mass is 768 g/mol. The number of hydrogen-bond acceptors (Lipinski definition) is 9. The Balaban J connectivity index is 1.30. The molecule has 300 valence electrons. The molecule has 2 aromatic carbocycles. The highest BCUT2D eigenvalue weighted by Crippen LogP contribution is 2.68. The molecule has 1 aliphatic carbocycles. The van der Waals surface area contributed by atoms with Crippen molar-refractivity contribution >= 4 is 28.5 Å². The Morgan fingerprint density at radius 3 is 2.55 bits per heavy atom. The summed E-state index contributed by atoms with van der Waals surface area (Å²) in [6.45, 7) is 13.7. The van der Waals surface area contributed by atoms with E-state index in [4.69, 9.17) is 9.47 Å². The third-order valence-corrected chi connectivity index (χ3v) is 15.5. The first-order chi connectivity index (χ1) is 26.6. The predicted molar refractivity (Wildman–Crippen MR) is 212 cm³/mol. The Labute approximate surface area is 329 Å². The number of nitrogens with one attached hydrogen (secondary N) is 1. The Morgan fingerprint density at radius 2 is 1.84 bits per heavy atom. The molecule has 3 unspecified atom stereocenters. The number of anilines is 1. The molecule has 56 heavy (non-hydrogen) atoms. The molecular weight excluding hydrogens is 712 g/mol. The number of aromatic amines is 1. The average molecular weight is 769 g/mol. The highest BCUT2D eigenvalue weighted by molar-refractivity contribution is 5.88. The van der Waals surface area contributed by atoms with Crippen molar-refractivity contribution in [2.45, 2.75) is 113 Å². The number of ether oxygens (including phenoxy) is 2. The summed E-state index contributed by atoms with van der Waals surface area (Å²) in [6.07, 6.45) is 7.07. The summed E-state index contributed by atoms with van der Waals surface area (Å²) < 4.78 is 26.6. The van der Waals surface area contributed by atoms with Crippen molar-refractivity contribution in [3.8, 4) is 0 Å². The summed E-state index contributed by atoms with van der Waals surface area (Å²) in [5.41, 5.74) is 2.14. The van der Waals surface area contributed by atoms with Gasteiger partial charge in [0.15, 0.2) is 6.10 Å². The van der Waals surface area contributed by atoms with E-state index in [1.807, 2.05) is 13.1 Å². The SMILES string of the molecule is CCC1(O)C[C@H]2CN(CCc3c([nH]c4ccc(F)cc34)[C@@](C)(c3cc4c(cc3C)N(C)C3[C@]45CCN4CC=C[C@@](CC)([C@@H](OC(C)=O)[C@]3(O)C(=O)OC)[C@H]45)C2)C1. The number of benzene rings is 2. The molecule has 0 radical (unpaired) electrons. The van der Waals surface area contributed by atoms with Crippen LogP contribution in [0.25, 0.3) is 10.9 Å². The van der Waals surface area contributed by atoms with Gasteiger partial charge in [0.05, 0.1) is 18.8 Å². The van der Waals surface area contributed by atoms with Crippen LogP contribution >= 0.6 is 0 Å². The largest absolute Gasteiger partial charge is 0.467 e. The van der Waals surface area contributed by atoms with E-state index in [1.54, 1.807) is 6.07 Å². The second-order valence-corrected chi connectivity index (χ2v) is 18.4. The summed E-state index contributed by atoms with van der Waals surface area (Å²) in [5, 5.41) is 26.0. The van der Waals surface area contributed by atoms with Gasteiger partial charge in [-0.25, -0.2) is 9.18 Å². The molecule has 3 aromatic rings. The first kappa shape index (κ1) is 37.8. The Morgan fingerprint density at radius 1 is 1.05 bits per heavy atom. The minimum absolute atomic E-state index is 0.185. The number of likely N-dealkylation sites (N-methyl/N-ethyl adjacent to an activating group) is 1. The summed E-state index contributed by atoms with van der Waals surface area (Å²) in [5.74, 6) is -1.44. The lowest BCUT2D eigenvalue weighted by Crippen LogP contribution is -2.81. The van der Waals surface area contributed by atoms with Crippen LogP contribution < -0.4 is 4.90 Å². The number of aryl methyl sites for hydroxylation is 1. The number of aromatic nitrogens is 1. The number of halogens is 1. The van der Waals surface area contributed by atoms with E-state index in [-0.39, 0.29) is 17.8 Å². The van der Waals surface area contributed by atoms with E-state index in [0.717, 1.165) is 70.6 Å². The number of rotatable bonds is 5. The Hall–Kier alpha value is -3.77. The maximum Gasteiger partial charge on any atom is 0.344 e. The molecule has 2 bridgehead atoms. The van der Waals surface area contributed by atoms with Crippen molar-refractivity contribution in [2.24, 2.45) is 11.3 Å². The van der Waals surface area contributed by atoms with Crippen LogP contribution in [0.5, 0.6) is 0 Å². The molecule has 11 heteroatoms. The van der Waals surface area contributed by atoms with E-state index < -0.39 is 51.5 Å². The van der Waals surface area contributed by atoms with Crippen LogP contribution in [-0.2, 0) is 36.3 Å². The molecule has 2 saturated heterocycles. The number of carbonyl (C=O) groups is 2. The van der Waals surface area contributed by atoms with Crippen molar-refractivity contribution in [3.05, 3.63) is 76.2 Å². The molecular formula is C45H57FN4O6. The highest BCUT2D eigenvalue weighted by Gasteiger charge is 2.80. The fraction of sp³-hybridized carbons (Fsp3) is 0.600. The minimum Gasteiger partial charge on any atom is -0.467 e. The molecule has 6 aliphatic rings. The molecule has 0 amide bonds. The van der Waals surface area contributed by atoms with Gasteiger partial charge in [0, 0.05) is 84.7 Å². The quantitative estimate of drug-likeness (QED) is 0.236. The maximum absolute atomic E-state index is 15.0. The number of nitrogens with zero attached hydrogens (tertiary/aromatic N) is 3. The molecule has 6 heterocycles. The average Bonchev–Trinajstić information content (AvgIpc) is 3.82. The second-order valence-electron chi connectivity index (χ2n) is 18.4. The van der Waals surface area contributed by atoms with Crippen LogP contribution in [0, 0.1) is 24.1 Å². The molecule has 10 nitrogen and oxygen atoms in total. The molecule has 1 saturated carbocycles. The van der Waals surface area contributed by atoms with Crippen molar-refractivity contribution in [2.75, 3.05) is 51.8 Å². The van der Waals surface area contributed by atoms with Crippen molar-refractivity contribution in [3.63, 3.8) is 0 Å². The zero-order valence-corrected chi connectivity index (χ0v) is 33.9. The zero-order chi connectivity index (χ0) is 39.7. The third-order valence-electron chi connectivity index (χ3n) is 15.5. The van der Waals surface area contributed by atoms with Gasteiger partial charge in [0.1, 0.15) is 5.82 Å². The van der Waals surface area contributed by atoms with Crippen molar-refractivity contribution < 1.29 is 33.7 Å². The van der Waals surface area contributed by atoms with Gasteiger partial charge in [-0.15, -0.1) is 0 Å². The molecule has 10 atom stereocenters. The number of fused-ring (bicyclic) bond motifs is 6. The molecule has 3 N–H and O–H groups in total. The number of hydrogen-bond donors (Lipinski definition) is 3. The topological polar surface area (TPSA) is 119 Å². The van der Waals surface area contributed by atoms with Crippen LogP contribution in [0.1, 0.15) is 87.7 Å². The van der Waals surface area contributed by atoms with E-state index in [1.165, 1.54) is 20.1 Å². The summed E-state index contributed by atoms with van der Waals surface area (Å²) in [7, 11) is 3.24. The van der Waals surface area contributed by atoms with Gasteiger partial charge in [0.2, 0.25) is 5.60 Å². The first-order valence-electron chi connectivity index (χ1n) is 20.6. The van der Waals surface area contributed by atoms with Crippen molar-refractivity contribution in [1.29, 1.82) is 0 Å². The lowest BCUT2D eigenvalue weighted by atomic mass is 9.47. The standard InChI is InChI=1S/C45H57FN4O6/c1-8-42(53)23-28-22-41(5,36-30(13-17-49(24-28)25-42)31-20-29(46)11-12-34(31)47-36)32-21-33-35(19-26(32)3)48(6)38-44(33)15-18-50-16-10-14-43(9-2,37(44)50)39(56-27(4)51)45(38,54)40(52)55-7/h10-12,14,19-21,28,37-39,47,53-54H,8-9,13,15-18,22-25H2,1-7H3/t28-,37-,38?,39+,41+,42?,43+,44+,45-/m0/s1. The molecule has 5 aliphatic heterocycles. The fourth-order valence-electron chi connectivity index (χ4n) is 13.5. The van der Waals surface area contributed by atoms with Gasteiger partial charge in [-0.1, -0.05) is 32.1 Å². The number of methoxy groups -OCH3 is 1. The Bertz CT molecular complexity index is 2170. The predicted octanol–water partition coefficient (Wildman–Crippen LogP) is 5.28. The summed E-state index contributed by atoms with van der Waals surface area (Å²) >= 11 is 0. The van der Waals surface area contributed by atoms with E-state index in [9.17, 15) is 19.8 Å². The zero-order valence-electron chi connectivity index (χ0n) is 33.9. The first-order valence-corrected chi connectivity index (χ1v) is 20.6. The van der Waals surface area contributed by atoms with Gasteiger partial charge in [-0.2, -0.15) is 0 Å². The normalized spacial score (nSPS) is 38.5. The maximum atomic E-state index is 15.0. The van der Waals surface area contributed by atoms with E-state index in [2.05, 4.69) is 71.7 Å². The number of carbonyl (C=O) groups excluding carboxylic acids is 2. The van der Waals surface area contributed by atoms with Gasteiger partial charge >= 0.3 is 11.9 Å². The Kier molecular flexibility index (Phi) is 8.51. The fourth-order valence-corrected chi connectivity index (χ4v) is 13.5. The molecule has 1 spiro atoms. The van der Waals surface area contributed by atoms with Crippen LogP contribution in [0.4, 0.5) is 10.1 Å². The summed E-state index contributed by atoms with van der Waals surface area (Å²) in [6, 6.07) is 8.64. The minimum atomic E-state index is -2.20. The number of H-pyrrole nitrogens is 1. The lowest BCUT2D eigenvalue weighted by molar-refractivity contribution is -0.228. The van der Waals surface area contributed by atoms with Gasteiger partial charge in [-0.05, 0) is 111 Å². The molecule has 9 rings (SSSR count). The van der Waals surface area contributed by atoms with Crippen LogP contribution in [0.3, 0.4) is 0 Å². The summed E-state index contributed by atoms with van der Waals surface area (Å²) in [4.78, 5) is 38.0. The molecule has 1 aromatic heterocycles. The number of piperidine rings is 1. The van der Waals surface area contributed by atoms with Gasteiger partial charge < -0.3 is 29.6 Å². The lowest BCUT2D eigenvalue weighted by Gasteiger charge is -2.63.